The minimum atomic E-state index is -0.853. The van der Waals surface area contributed by atoms with Crippen molar-refractivity contribution in [1.82, 2.24) is 0 Å². The van der Waals surface area contributed by atoms with Crippen LogP contribution in [0.4, 0.5) is 10.1 Å². The van der Waals surface area contributed by atoms with Crippen LogP contribution in [0.5, 0.6) is 0 Å². The summed E-state index contributed by atoms with van der Waals surface area (Å²) in [5.74, 6) is -2.35. The lowest BCUT2D eigenvalue weighted by Gasteiger charge is -2.27. The van der Waals surface area contributed by atoms with Gasteiger partial charge in [-0.25, -0.2) is 4.39 Å². The maximum absolute atomic E-state index is 13.5. The number of anilines is 1. The molecule has 0 saturated carbocycles. The van der Waals surface area contributed by atoms with Gasteiger partial charge in [0.15, 0.2) is 11.5 Å². The SMILES string of the molecule is CCC(=O)C1=C(O)C(=O)N(c2ccc(F)c(Cl)c2)C1c1ccc(Cl)cc1. The van der Waals surface area contributed by atoms with E-state index in [0.717, 1.165) is 6.07 Å². The molecule has 1 N–H and O–H groups in total. The Labute approximate surface area is 159 Å². The van der Waals surface area contributed by atoms with Crippen molar-refractivity contribution in [3.8, 4) is 0 Å². The van der Waals surface area contributed by atoms with Gasteiger partial charge in [0.1, 0.15) is 5.82 Å². The van der Waals surface area contributed by atoms with E-state index in [2.05, 4.69) is 0 Å². The van der Waals surface area contributed by atoms with Crippen molar-refractivity contribution < 1.29 is 19.1 Å². The van der Waals surface area contributed by atoms with Gasteiger partial charge in [0.25, 0.3) is 5.91 Å². The quantitative estimate of drug-likeness (QED) is 0.793. The van der Waals surface area contributed by atoms with E-state index in [1.165, 1.54) is 17.0 Å². The number of benzene rings is 2. The molecule has 0 saturated heterocycles. The molecule has 134 valence electrons. The van der Waals surface area contributed by atoms with Gasteiger partial charge in [0, 0.05) is 17.1 Å². The van der Waals surface area contributed by atoms with Crippen LogP contribution in [0.15, 0.2) is 53.8 Å². The van der Waals surface area contributed by atoms with Gasteiger partial charge < -0.3 is 5.11 Å². The number of aliphatic hydroxyl groups is 1. The van der Waals surface area contributed by atoms with Crippen molar-refractivity contribution >= 4 is 40.6 Å². The molecular formula is C19H14Cl2FNO3. The molecule has 26 heavy (non-hydrogen) atoms. The lowest BCUT2D eigenvalue weighted by molar-refractivity contribution is -0.118. The molecule has 0 radical (unpaired) electrons. The molecule has 0 spiro atoms. The molecule has 2 aromatic rings. The summed E-state index contributed by atoms with van der Waals surface area (Å²) in [5.41, 5.74) is 0.858. The molecule has 0 aromatic heterocycles. The first-order valence-corrected chi connectivity index (χ1v) is 8.61. The minimum Gasteiger partial charge on any atom is -0.503 e. The van der Waals surface area contributed by atoms with E-state index < -0.39 is 23.5 Å². The third-order valence-corrected chi connectivity index (χ3v) is 4.74. The molecule has 4 nitrogen and oxygen atoms in total. The summed E-state index contributed by atoms with van der Waals surface area (Å²) < 4.78 is 13.5. The Bertz CT molecular complexity index is 925. The van der Waals surface area contributed by atoms with Crippen molar-refractivity contribution in [1.29, 1.82) is 0 Å². The third-order valence-electron chi connectivity index (χ3n) is 4.20. The lowest BCUT2D eigenvalue weighted by atomic mass is 9.95. The first-order valence-electron chi connectivity index (χ1n) is 7.85. The van der Waals surface area contributed by atoms with Crippen LogP contribution in [0.3, 0.4) is 0 Å². The van der Waals surface area contributed by atoms with Gasteiger partial charge in [0.05, 0.1) is 16.6 Å². The molecule has 3 rings (SSSR count). The molecule has 7 heteroatoms. The third kappa shape index (κ3) is 3.08. The molecule has 1 aliphatic rings. The summed E-state index contributed by atoms with van der Waals surface area (Å²) in [6.45, 7) is 1.64. The largest absolute Gasteiger partial charge is 0.503 e. The molecule has 0 fully saturated rings. The molecule has 1 heterocycles. The summed E-state index contributed by atoms with van der Waals surface area (Å²) in [7, 11) is 0. The smallest absolute Gasteiger partial charge is 0.294 e. The van der Waals surface area contributed by atoms with Crippen LogP contribution in [0.1, 0.15) is 24.9 Å². The second kappa shape index (κ2) is 7.09. The number of amides is 1. The average molecular weight is 394 g/mol. The molecule has 1 atom stereocenters. The van der Waals surface area contributed by atoms with Crippen LogP contribution in [-0.2, 0) is 9.59 Å². The minimum absolute atomic E-state index is 0.000250. The standard InChI is InChI=1S/C19H14Cl2FNO3/c1-2-15(24)16-17(10-3-5-11(20)6-4-10)23(19(26)18(16)25)12-7-8-14(22)13(21)9-12/h3-9,17,25H,2H2,1H3. The van der Waals surface area contributed by atoms with E-state index in [9.17, 15) is 19.1 Å². The molecule has 0 bridgehead atoms. The van der Waals surface area contributed by atoms with Crippen molar-refractivity contribution in [3.63, 3.8) is 0 Å². The predicted molar refractivity (Wildman–Crippen MR) is 98.0 cm³/mol. The van der Waals surface area contributed by atoms with Crippen LogP contribution in [-0.4, -0.2) is 16.8 Å². The zero-order valence-electron chi connectivity index (χ0n) is 13.7. The first-order chi connectivity index (χ1) is 12.3. The van der Waals surface area contributed by atoms with Crippen LogP contribution >= 0.6 is 23.2 Å². The van der Waals surface area contributed by atoms with E-state index in [1.807, 2.05) is 0 Å². The van der Waals surface area contributed by atoms with Crippen molar-refractivity contribution in [2.45, 2.75) is 19.4 Å². The van der Waals surface area contributed by atoms with Crippen molar-refractivity contribution in [2.75, 3.05) is 4.90 Å². The zero-order valence-corrected chi connectivity index (χ0v) is 15.2. The van der Waals surface area contributed by atoms with Gasteiger partial charge >= 0.3 is 0 Å². The van der Waals surface area contributed by atoms with E-state index in [0.29, 0.717) is 10.6 Å². The van der Waals surface area contributed by atoms with Crippen molar-refractivity contribution in [3.05, 3.63) is 75.2 Å². The van der Waals surface area contributed by atoms with E-state index >= 15 is 0 Å². The second-order valence-electron chi connectivity index (χ2n) is 5.77. The Hall–Kier alpha value is -2.37. The summed E-state index contributed by atoms with van der Waals surface area (Å²) in [6, 6.07) is 9.51. The number of hydrogen-bond acceptors (Lipinski definition) is 3. The number of ketones is 1. The highest BCUT2D eigenvalue weighted by Crippen LogP contribution is 2.42. The van der Waals surface area contributed by atoms with Gasteiger partial charge in [-0.3, -0.25) is 14.5 Å². The maximum Gasteiger partial charge on any atom is 0.294 e. The average Bonchev–Trinajstić information content (AvgIpc) is 2.89. The Morgan fingerprint density at radius 3 is 2.42 bits per heavy atom. The lowest BCUT2D eigenvalue weighted by Crippen LogP contribution is -2.31. The van der Waals surface area contributed by atoms with Crippen LogP contribution in [0.2, 0.25) is 10.0 Å². The topological polar surface area (TPSA) is 57.6 Å². The number of carbonyl (C=O) groups excluding carboxylic acids is 2. The number of nitrogens with zero attached hydrogens (tertiary/aromatic N) is 1. The van der Waals surface area contributed by atoms with Gasteiger partial charge in [-0.1, -0.05) is 42.3 Å². The van der Waals surface area contributed by atoms with Gasteiger partial charge in [-0.05, 0) is 35.9 Å². The fourth-order valence-electron chi connectivity index (χ4n) is 2.94. The number of aliphatic hydroxyl groups excluding tert-OH is 1. The summed E-state index contributed by atoms with van der Waals surface area (Å²) in [4.78, 5) is 26.3. The number of halogens is 3. The summed E-state index contributed by atoms with van der Waals surface area (Å²) in [5, 5.41) is 10.7. The number of rotatable bonds is 4. The maximum atomic E-state index is 13.5. The van der Waals surface area contributed by atoms with E-state index in [-0.39, 0.29) is 28.5 Å². The number of hydrogen-bond donors (Lipinski definition) is 1. The Kier molecular flexibility index (Phi) is 5.03. The summed E-state index contributed by atoms with van der Waals surface area (Å²) in [6.07, 6.45) is 0.120. The van der Waals surface area contributed by atoms with Gasteiger partial charge in [-0.2, -0.15) is 0 Å². The number of Topliss-reactive ketones (excluding diaryl/α,β-unsaturated/α-hetero) is 1. The van der Waals surface area contributed by atoms with Gasteiger partial charge in [-0.15, -0.1) is 0 Å². The summed E-state index contributed by atoms with van der Waals surface area (Å²) >= 11 is 11.8. The molecule has 1 unspecified atom stereocenters. The van der Waals surface area contributed by atoms with Crippen LogP contribution in [0, 0.1) is 5.82 Å². The molecule has 1 amide bonds. The highest BCUT2D eigenvalue weighted by Gasteiger charge is 2.43. The van der Waals surface area contributed by atoms with Crippen molar-refractivity contribution in [2.24, 2.45) is 0 Å². The molecule has 0 aliphatic carbocycles. The molecular weight excluding hydrogens is 380 g/mol. The first kappa shape index (κ1) is 18.4. The highest BCUT2D eigenvalue weighted by atomic mass is 35.5. The Balaban J connectivity index is 2.18. The Morgan fingerprint density at radius 2 is 1.85 bits per heavy atom. The fraction of sp³-hybridized carbons (Fsp3) is 0.158. The normalized spacial score (nSPS) is 17.2. The van der Waals surface area contributed by atoms with Crippen LogP contribution in [0.25, 0.3) is 0 Å². The predicted octanol–water partition coefficient (Wildman–Crippen LogP) is 5.01. The van der Waals surface area contributed by atoms with Crippen LogP contribution < -0.4 is 4.90 Å². The monoisotopic (exact) mass is 393 g/mol. The molecule has 2 aromatic carbocycles. The van der Waals surface area contributed by atoms with E-state index in [1.54, 1.807) is 31.2 Å². The zero-order chi connectivity index (χ0) is 19.0. The molecule has 1 aliphatic heterocycles. The Morgan fingerprint density at radius 1 is 1.19 bits per heavy atom. The van der Waals surface area contributed by atoms with E-state index in [4.69, 9.17) is 23.2 Å². The fourth-order valence-corrected chi connectivity index (χ4v) is 3.24. The van der Waals surface area contributed by atoms with Gasteiger partial charge in [0.2, 0.25) is 0 Å². The highest BCUT2D eigenvalue weighted by molar-refractivity contribution is 6.31. The number of carbonyl (C=O) groups is 2. The second-order valence-corrected chi connectivity index (χ2v) is 6.61.